The number of likely N-dealkylation sites (tertiary alicyclic amines) is 1. The van der Waals surface area contributed by atoms with Crippen molar-refractivity contribution in [2.45, 2.75) is 25.2 Å². The summed E-state index contributed by atoms with van der Waals surface area (Å²) in [5.74, 6) is 0.790. The molecule has 2 atom stereocenters. The fourth-order valence-corrected chi connectivity index (χ4v) is 3.94. The zero-order valence-electron chi connectivity index (χ0n) is 19.0. The van der Waals surface area contributed by atoms with Crippen LogP contribution in [0.3, 0.4) is 0 Å². The van der Waals surface area contributed by atoms with E-state index >= 15 is 0 Å². The molecule has 4 rings (SSSR count). The largest absolute Gasteiger partial charge is 0.493 e. The number of nitrogens with zero attached hydrogens (tertiary/aromatic N) is 3. The van der Waals surface area contributed by atoms with E-state index in [0.29, 0.717) is 41.2 Å². The smallest absolute Gasteiger partial charge is 0.408 e. The first kappa shape index (κ1) is 23.8. The molecule has 2 heterocycles. The van der Waals surface area contributed by atoms with Crippen molar-refractivity contribution in [3.63, 3.8) is 0 Å². The van der Waals surface area contributed by atoms with Crippen LogP contribution in [0.1, 0.15) is 12.8 Å². The summed E-state index contributed by atoms with van der Waals surface area (Å²) in [6.07, 6.45) is 1.46. The lowest BCUT2D eigenvalue weighted by Crippen LogP contribution is -2.47. The molecule has 1 aliphatic rings. The van der Waals surface area contributed by atoms with Crippen LogP contribution in [-0.4, -0.2) is 61.0 Å². The summed E-state index contributed by atoms with van der Waals surface area (Å²) in [6, 6.07) is 8.18. The van der Waals surface area contributed by atoms with Crippen LogP contribution in [0.2, 0.25) is 5.02 Å². The number of aromatic nitrogens is 2. The van der Waals surface area contributed by atoms with Crippen molar-refractivity contribution in [3.8, 4) is 11.5 Å². The summed E-state index contributed by atoms with van der Waals surface area (Å²) >= 11 is 5.91. The summed E-state index contributed by atoms with van der Waals surface area (Å²) in [5.41, 5.74) is 0.781. The van der Waals surface area contributed by atoms with E-state index in [9.17, 15) is 9.18 Å². The van der Waals surface area contributed by atoms with Gasteiger partial charge in [-0.2, -0.15) is 0 Å². The minimum atomic E-state index is -0.575. The van der Waals surface area contributed by atoms with Crippen molar-refractivity contribution < 1.29 is 23.4 Å². The van der Waals surface area contributed by atoms with Gasteiger partial charge in [0, 0.05) is 31.5 Å². The summed E-state index contributed by atoms with van der Waals surface area (Å²) in [7, 11) is 4.95. The highest BCUT2D eigenvalue weighted by atomic mass is 35.5. The molecular weight excluding hydrogens is 465 g/mol. The molecule has 1 aliphatic heterocycles. The Labute approximate surface area is 201 Å². The number of anilines is 2. The second-order valence-corrected chi connectivity index (χ2v) is 8.23. The van der Waals surface area contributed by atoms with Crippen LogP contribution in [0.5, 0.6) is 11.5 Å². The Hall–Kier alpha value is -3.37. The van der Waals surface area contributed by atoms with Gasteiger partial charge in [-0.05, 0) is 31.7 Å². The molecule has 3 aromatic rings. The fraction of sp³-hybridized carbons (Fsp3) is 0.348. The Morgan fingerprint density at radius 2 is 2.09 bits per heavy atom. The number of methoxy groups -OCH3 is 1. The van der Waals surface area contributed by atoms with E-state index in [-0.39, 0.29) is 16.8 Å². The molecule has 9 nitrogen and oxygen atoms in total. The van der Waals surface area contributed by atoms with Gasteiger partial charge in [-0.3, -0.25) is 4.90 Å². The van der Waals surface area contributed by atoms with Crippen LogP contribution < -0.4 is 20.1 Å². The topological polar surface area (TPSA) is 97.8 Å². The highest BCUT2D eigenvalue weighted by molar-refractivity contribution is 6.31. The predicted octanol–water partition coefficient (Wildman–Crippen LogP) is 4.33. The number of carbonyl (C=O) groups excluding carboxylic acids is 1. The van der Waals surface area contributed by atoms with E-state index in [4.69, 9.17) is 25.8 Å². The molecule has 0 saturated carbocycles. The van der Waals surface area contributed by atoms with Gasteiger partial charge >= 0.3 is 6.09 Å². The second-order valence-electron chi connectivity index (χ2n) is 7.82. The number of piperidine rings is 1. The zero-order valence-corrected chi connectivity index (χ0v) is 19.7. The third kappa shape index (κ3) is 5.07. The molecule has 2 aromatic carbocycles. The molecule has 180 valence electrons. The monoisotopic (exact) mass is 489 g/mol. The van der Waals surface area contributed by atoms with Gasteiger partial charge in [-0.25, -0.2) is 19.2 Å². The number of hydrogen-bond acceptors (Lipinski definition) is 8. The van der Waals surface area contributed by atoms with Gasteiger partial charge in [0.05, 0.1) is 23.3 Å². The number of ether oxygens (including phenoxy) is 3. The van der Waals surface area contributed by atoms with Crippen molar-refractivity contribution in [1.29, 1.82) is 0 Å². The van der Waals surface area contributed by atoms with Crippen molar-refractivity contribution in [1.82, 2.24) is 20.2 Å². The van der Waals surface area contributed by atoms with E-state index in [1.54, 1.807) is 31.4 Å². The minimum absolute atomic E-state index is 0.00449. The number of rotatable bonds is 6. The van der Waals surface area contributed by atoms with Gasteiger partial charge < -0.3 is 24.8 Å². The molecule has 1 fully saturated rings. The van der Waals surface area contributed by atoms with Crippen molar-refractivity contribution >= 4 is 40.1 Å². The van der Waals surface area contributed by atoms with Crippen LogP contribution in [0.4, 0.5) is 20.7 Å². The maximum Gasteiger partial charge on any atom is 0.408 e. The lowest BCUT2D eigenvalue weighted by molar-refractivity contribution is -0.0551. The Kier molecular flexibility index (Phi) is 7.18. The van der Waals surface area contributed by atoms with Crippen LogP contribution in [0, 0.1) is 5.82 Å². The van der Waals surface area contributed by atoms with Crippen molar-refractivity contribution in [2.24, 2.45) is 0 Å². The molecule has 0 unspecified atom stereocenters. The van der Waals surface area contributed by atoms with Gasteiger partial charge in [0.15, 0.2) is 23.5 Å². The van der Waals surface area contributed by atoms with Gasteiger partial charge in [-0.15, -0.1) is 0 Å². The summed E-state index contributed by atoms with van der Waals surface area (Å²) in [5, 5.41) is 6.07. The van der Waals surface area contributed by atoms with Gasteiger partial charge in [0.2, 0.25) is 0 Å². The highest BCUT2D eigenvalue weighted by Gasteiger charge is 2.30. The lowest BCUT2D eigenvalue weighted by atomic mass is 10.1. The lowest BCUT2D eigenvalue weighted by Gasteiger charge is -2.36. The third-order valence-corrected chi connectivity index (χ3v) is 5.92. The maximum absolute atomic E-state index is 14.5. The van der Waals surface area contributed by atoms with Gasteiger partial charge in [0.1, 0.15) is 18.2 Å². The molecule has 2 N–H and O–H groups in total. The van der Waals surface area contributed by atoms with E-state index < -0.39 is 18.1 Å². The summed E-state index contributed by atoms with van der Waals surface area (Å²) < 4.78 is 31.7. The third-order valence-electron chi connectivity index (χ3n) is 5.63. The normalized spacial score (nSPS) is 18.4. The van der Waals surface area contributed by atoms with E-state index in [0.717, 1.165) is 6.42 Å². The molecular formula is C23H25ClFN5O4. The first-order chi connectivity index (χ1) is 16.4. The van der Waals surface area contributed by atoms with Crippen molar-refractivity contribution in [3.05, 3.63) is 47.5 Å². The van der Waals surface area contributed by atoms with E-state index in [1.807, 2.05) is 11.9 Å². The van der Waals surface area contributed by atoms with Crippen LogP contribution >= 0.6 is 11.6 Å². The average molecular weight is 490 g/mol. The van der Waals surface area contributed by atoms with Crippen molar-refractivity contribution in [2.75, 3.05) is 33.1 Å². The van der Waals surface area contributed by atoms with Crippen LogP contribution in [0.25, 0.3) is 10.9 Å². The summed E-state index contributed by atoms with van der Waals surface area (Å²) in [4.78, 5) is 22.2. The highest BCUT2D eigenvalue weighted by Crippen LogP contribution is 2.37. The Balaban J connectivity index is 1.63. The molecule has 0 aliphatic carbocycles. The van der Waals surface area contributed by atoms with E-state index in [2.05, 4.69) is 20.6 Å². The standard InChI is InChI=1S/C23H25ClFN5O4/c1-26-23(31)34-20-9-13(7-8-30(20)2)33-19-10-14-17(11-18(19)32-3)27-12-28-22(14)29-16-6-4-5-15(24)21(16)25/h4-6,10-13,20H,7-9H2,1-3H3,(H,26,31)(H,27,28,29)/t13-,20-/m0/s1. The summed E-state index contributed by atoms with van der Waals surface area (Å²) in [6.45, 7) is 0.687. The molecule has 1 amide bonds. The molecule has 34 heavy (non-hydrogen) atoms. The average Bonchev–Trinajstić information content (AvgIpc) is 2.84. The molecule has 11 heteroatoms. The Morgan fingerprint density at radius 1 is 1.26 bits per heavy atom. The quantitative estimate of drug-likeness (QED) is 0.528. The predicted molar refractivity (Wildman–Crippen MR) is 126 cm³/mol. The van der Waals surface area contributed by atoms with Crippen LogP contribution in [0.15, 0.2) is 36.7 Å². The number of nitrogens with one attached hydrogen (secondary N) is 2. The second kappa shape index (κ2) is 10.3. The maximum atomic E-state index is 14.5. The molecule has 1 saturated heterocycles. The number of benzene rings is 2. The van der Waals surface area contributed by atoms with E-state index in [1.165, 1.54) is 19.4 Å². The number of carbonyl (C=O) groups is 1. The minimum Gasteiger partial charge on any atom is -0.493 e. The first-order valence-corrected chi connectivity index (χ1v) is 11.1. The molecule has 0 spiro atoms. The number of fused-ring (bicyclic) bond motifs is 1. The molecule has 1 aromatic heterocycles. The first-order valence-electron chi connectivity index (χ1n) is 10.7. The van der Waals surface area contributed by atoms with Crippen LogP contribution in [-0.2, 0) is 4.74 Å². The Morgan fingerprint density at radius 3 is 2.85 bits per heavy atom. The number of hydrogen-bond donors (Lipinski definition) is 2. The Bertz CT molecular complexity index is 1200. The van der Waals surface area contributed by atoms with Gasteiger partial charge in [0.25, 0.3) is 0 Å². The molecule has 0 radical (unpaired) electrons. The zero-order chi connectivity index (χ0) is 24.2. The number of alkyl carbamates (subject to hydrolysis) is 1. The number of halogens is 2. The SMILES string of the molecule is CNC(=O)O[C@H]1C[C@@H](Oc2cc3c(Nc4cccc(Cl)c4F)ncnc3cc2OC)CCN1C. The van der Waals surface area contributed by atoms with Gasteiger partial charge in [-0.1, -0.05) is 17.7 Å². The molecule has 0 bridgehead atoms. The fourth-order valence-electron chi connectivity index (χ4n) is 3.76. The number of amides is 1.